The summed E-state index contributed by atoms with van der Waals surface area (Å²) in [5.74, 6) is 0. The SMILES string of the molecule is COCCOCC(O)CN1CCC2(CCNC2)C1. The zero-order valence-electron chi connectivity index (χ0n) is 11.4. The molecular formula is C13H26N2O3. The molecule has 2 saturated heterocycles. The molecule has 106 valence electrons. The lowest BCUT2D eigenvalue weighted by atomic mass is 9.87. The van der Waals surface area contributed by atoms with Gasteiger partial charge in [-0.15, -0.1) is 0 Å². The van der Waals surface area contributed by atoms with Gasteiger partial charge in [-0.2, -0.15) is 0 Å². The normalized spacial score (nSPS) is 30.3. The highest BCUT2D eigenvalue weighted by molar-refractivity contribution is 4.95. The largest absolute Gasteiger partial charge is 0.389 e. The molecule has 2 unspecified atom stereocenters. The maximum Gasteiger partial charge on any atom is 0.0900 e. The fourth-order valence-corrected chi connectivity index (χ4v) is 3.04. The van der Waals surface area contributed by atoms with Crippen LogP contribution in [0.1, 0.15) is 12.8 Å². The molecule has 2 N–H and O–H groups in total. The summed E-state index contributed by atoms with van der Waals surface area (Å²) in [5.41, 5.74) is 0.483. The van der Waals surface area contributed by atoms with Crippen LogP contribution in [0.4, 0.5) is 0 Å². The van der Waals surface area contributed by atoms with E-state index in [2.05, 4.69) is 10.2 Å². The number of hydrogen-bond acceptors (Lipinski definition) is 5. The van der Waals surface area contributed by atoms with E-state index in [0.717, 1.165) is 32.7 Å². The van der Waals surface area contributed by atoms with Gasteiger partial charge in [0.2, 0.25) is 0 Å². The summed E-state index contributed by atoms with van der Waals surface area (Å²) in [7, 11) is 1.65. The van der Waals surface area contributed by atoms with Gasteiger partial charge in [-0.25, -0.2) is 0 Å². The van der Waals surface area contributed by atoms with Gasteiger partial charge in [0, 0.05) is 26.7 Å². The molecule has 0 saturated carbocycles. The number of aliphatic hydroxyl groups excluding tert-OH is 1. The van der Waals surface area contributed by atoms with Gasteiger partial charge in [-0.1, -0.05) is 0 Å². The minimum absolute atomic E-state index is 0.383. The predicted molar refractivity (Wildman–Crippen MR) is 69.7 cm³/mol. The Hall–Kier alpha value is -0.200. The third-order valence-corrected chi connectivity index (χ3v) is 4.06. The fourth-order valence-electron chi connectivity index (χ4n) is 3.04. The molecule has 0 radical (unpaired) electrons. The second-order valence-corrected chi connectivity index (χ2v) is 5.63. The van der Waals surface area contributed by atoms with E-state index in [1.165, 1.54) is 12.8 Å². The molecule has 1 spiro atoms. The Morgan fingerprint density at radius 2 is 2.28 bits per heavy atom. The number of nitrogens with zero attached hydrogens (tertiary/aromatic N) is 1. The van der Waals surface area contributed by atoms with Gasteiger partial charge in [-0.3, -0.25) is 0 Å². The Kier molecular flexibility index (Phi) is 5.38. The molecule has 2 rings (SSSR count). The van der Waals surface area contributed by atoms with Crippen LogP contribution >= 0.6 is 0 Å². The summed E-state index contributed by atoms with van der Waals surface area (Å²) in [4.78, 5) is 2.37. The number of hydrogen-bond donors (Lipinski definition) is 2. The summed E-state index contributed by atoms with van der Waals surface area (Å²) >= 11 is 0. The molecule has 5 heteroatoms. The number of aliphatic hydroxyl groups is 1. The lowest BCUT2D eigenvalue weighted by Gasteiger charge is -2.24. The monoisotopic (exact) mass is 258 g/mol. The molecule has 2 fully saturated rings. The van der Waals surface area contributed by atoms with Crippen molar-refractivity contribution in [2.45, 2.75) is 18.9 Å². The lowest BCUT2D eigenvalue weighted by Crippen LogP contribution is -2.36. The highest BCUT2D eigenvalue weighted by Gasteiger charge is 2.40. The van der Waals surface area contributed by atoms with Crippen LogP contribution in [-0.4, -0.2) is 75.8 Å². The molecule has 2 atom stereocenters. The van der Waals surface area contributed by atoms with Crippen LogP contribution in [0.3, 0.4) is 0 Å². The quantitative estimate of drug-likeness (QED) is 0.614. The number of methoxy groups -OCH3 is 1. The lowest BCUT2D eigenvalue weighted by molar-refractivity contribution is 0.00112. The van der Waals surface area contributed by atoms with Crippen molar-refractivity contribution in [2.75, 3.05) is 59.7 Å². The van der Waals surface area contributed by atoms with Crippen LogP contribution in [0, 0.1) is 5.41 Å². The van der Waals surface area contributed by atoms with Gasteiger partial charge in [-0.05, 0) is 31.3 Å². The van der Waals surface area contributed by atoms with Crippen LogP contribution in [0.2, 0.25) is 0 Å². The first-order chi connectivity index (χ1) is 8.74. The second kappa shape index (κ2) is 6.82. The number of rotatable bonds is 7. The van der Waals surface area contributed by atoms with Crippen molar-refractivity contribution in [1.82, 2.24) is 10.2 Å². The molecule has 0 aromatic heterocycles. The first-order valence-electron chi connectivity index (χ1n) is 6.92. The zero-order chi connectivity index (χ0) is 12.8. The van der Waals surface area contributed by atoms with Gasteiger partial charge in [0.25, 0.3) is 0 Å². The molecule has 2 aliphatic rings. The molecule has 0 aromatic rings. The molecule has 2 aliphatic heterocycles. The molecule has 18 heavy (non-hydrogen) atoms. The topological polar surface area (TPSA) is 54.0 Å². The second-order valence-electron chi connectivity index (χ2n) is 5.63. The summed E-state index contributed by atoms with van der Waals surface area (Å²) < 4.78 is 10.2. The Balaban J connectivity index is 1.61. The molecule has 0 aliphatic carbocycles. The van der Waals surface area contributed by atoms with Gasteiger partial charge in [0.15, 0.2) is 0 Å². The van der Waals surface area contributed by atoms with Gasteiger partial charge < -0.3 is 24.8 Å². The molecule has 0 aromatic carbocycles. The zero-order valence-corrected chi connectivity index (χ0v) is 11.4. The molecule has 5 nitrogen and oxygen atoms in total. The van der Waals surface area contributed by atoms with Gasteiger partial charge >= 0.3 is 0 Å². The predicted octanol–water partition coefficient (Wildman–Crippen LogP) is -0.304. The third-order valence-electron chi connectivity index (χ3n) is 4.06. The first-order valence-corrected chi connectivity index (χ1v) is 6.92. The number of likely N-dealkylation sites (tertiary alicyclic amines) is 1. The van der Waals surface area contributed by atoms with Crippen LogP contribution in [0.15, 0.2) is 0 Å². The van der Waals surface area contributed by atoms with Crippen molar-refractivity contribution < 1.29 is 14.6 Å². The third kappa shape index (κ3) is 3.90. The van der Waals surface area contributed by atoms with Crippen LogP contribution in [0.25, 0.3) is 0 Å². The molecule has 0 amide bonds. The maximum absolute atomic E-state index is 9.92. The molecule has 0 bridgehead atoms. The summed E-state index contributed by atoms with van der Waals surface area (Å²) in [6.07, 6.45) is 2.16. The van der Waals surface area contributed by atoms with E-state index >= 15 is 0 Å². The van der Waals surface area contributed by atoms with Crippen LogP contribution < -0.4 is 5.32 Å². The number of ether oxygens (including phenoxy) is 2. The molecule has 2 heterocycles. The average molecular weight is 258 g/mol. The summed E-state index contributed by atoms with van der Waals surface area (Å²) in [5, 5.41) is 13.4. The Morgan fingerprint density at radius 1 is 1.39 bits per heavy atom. The van der Waals surface area contributed by atoms with Crippen molar-refractivity contribution in [2.24, 2.45) is 5.41 Å². The Morgan fingerprint density at radius 3 is 3.00 bits per heavy atom. The van der Waals surface area contributed by atoms with Crippen molar-refractivity contribution in [3.63, 3.8) is 0 Å². The minimum atomic E-state index is -0.383. The van der Waals surface area contributed by atoms with E-state index in [0.29, 0.717) is 25.2 Å². The van der Waals surface area contributed by atoms with Crippen LogP contribution in [0.5, 0.6) is 0 Å². The van der Waals surface area contributed by atoms with Gasteiger partial charge in [0.1, 0.15) is 0 Å². The van der Waals surface area contributed by atoms with E-state index in [1.807, 2.05) is 0 Å². The van der Waals surface area contributed by atoms with E-state index in [1.54, 1.807) is 7.11 Å². The maximum atomic E-state index is 9.92. The Bertz CT molecular complexity index is 244. The smallest absolute Gasteiger partial charge is 0.0900 e. The minimum Gasteiger partial charge on any atom is -0.389 e. The van der Waals surface area contributed by atoms with Crippen molar-refractivity contribution in [1.29, 1.82) is 0 Å². The van der Waals surface area contributed by atoms with E-state index in [4.69, 9.17) is 9.47 Å². The summed E-state index contributed by atoms with van der Waals surface area (Å²) in [6.45, 7) is 6.80. The Labute approximate surface area is 109 Å². The van der Waals surface area contributed by atoms with Crippen molar-refractivity contribution in [3.05, 3.63) is 0 Å². The average Bonchev–Trinajstić information content (AvgIpc) is 2.96. The summed E-state index contributed by atoms with van der Waals surface area (Å²) in [6, 6.07) is 0. The van der Waals surface area contributed by atoms with Crippen molar-refractivity contribution >= 4 is 0 Å². The fraction of sp³-hybridized carbons (Fsp3) is 1.00. The van der Waals surface area contributed by atoms with Crippen LogP contribution in [-0.2, 0) is 9.47 Å². The van der Waals surface area contributed by atoms with E-state index < -0.39 is 0 Å². The van der Waals surface area contributed by atoms with E-state index in [-0.39, 0.29) is 6.10 Å². The highest BCUT2D eigenvalue weighted by atomic mass is 16.5. The highest BCUT2D eigenvalue weighted by Crippen LogP contribution is 2.35. The first kappa shape index (κ1) is 14.2. The standard InChI is InChI=1S/C13H26N2O3/c1-17-6-7-18-9-12(16)8-15-5-3-13(11-15)2-4-14-10-13/h12,14,16H,2-11H2,1H3. The number of nitrogens with one attached hydrogen (secondary N) is 1. The van der Waals surface area contributed by atoms with Crippen molar-refractivity contribution in [3.8, 4) is 0 Å². The molecular weight excluding hydrogens is 232 g/mol. The number of β-amino-alcohol motifs (C(OH)–C–C–N with tert-alkyl or cyclic N) is 1. The van der Waals surface area contributed by atoms with Gasteiger partial charge in [0.05, 0.1) is 25.9 Å². The van der Waals surface area contributed by atoms with E-state index in [9.17, 15) is 5.11 Å².